The molecule has 1 saturated heterocycles. The normalized spacial score (nSPS) is 18.0. The van der Waals surface area contributed by atoms with Gasteiger partial charge in [-0.3, -0.25) is 15.0 Å². The third kappa shape index (κ3) is 3.53. The largest absolute Gasteiger partial charge is 0.496 e. The van der Waals surface area contributed by atoms with Crippen molar-refractivity contribution in [1.29, 1.82) is 0 Å². The topological polar surface area (TPSA) is 84.4 Å². The summed E-state index contributed by atoms with van der Waals surface area (Å²) in [6, 6.07) is 5.46. The molecule has 1 aliphatic rings. The van der Waals surface area contributed by atoms with E-state index in [1.807, 2.05) is 44.2 Å². The van der Waals surface area contributed by atoms with E-state index in [9.17, 15) is 9.59 Å². The van der Waals surface area contributed by atoms with Crippen molar-refractivity contribution in [2.45, 2.75) is 27.2 Å². The van der Waals surface area contributed by atoms with Crippen LogP contribution in [-0.2, 0) is 9.59 Å². The monoisotopic (exact) mass is 366 g/mol. The van der Waals surface area contributed by atoms with E-state index in [0.29, 0.717) is 28.3 Å². The van der Waals surface area contributed by atoms with Crippen LogP contribution in [0.4, 0.5) is 5.82 Å². The predicted molar refractivity (Wildman–Crippen MR) is 104 cm³/mol. The van der Waals surface area contributed by atoms with Crippen molar-refractivity contribution in [2.24, 2.45) is 5.92 Å². The fraction of sp³-hybridized carbons (Fsp3) is 0.300. The van der Waals surface area contributed by atoms with Gasteiger partial charge < -0.3 is 4.74 Å². The molecule has 3 rings (SSSR count). The van der Waals surface area contributed by atoms with Gasteiger partial charge in [0.2, 0.25) is 5.91 Å². The standard InChI is InChI=1S/C20H22N4O3/c1-5-6-8-12(2)18-21-14-9-7-10-15(27-4)17(14)19(22-18)23-24-16(25)11-13(3)20(24)26/h5-10,13H,11H2,1-4H3,(H,21,22,23)/b6-5-,12-8+. The van der Waals surface area contributed by atoms with Gasteiger partial charge in [-0.15, -0.1) is 0 Å². The number of hydrazine groups is 1. The number of hydrogen-bond donors (Lipinski definition) is 1. The summed E-state index contributed by atoms with van der Waals surface area (Å²) in [5, 5.41) is 1.65. The minimum Gasteiger partial charge on any atom is -0.496 e. The number of aromatic nitrogens is 2. The molecule has 2 aromatic rings. The molecular weight excluding hydrogens is 344 g/mol. The number of allylic oxidation sites excluding steroid dienone is 4. The first kappa shape index (κ1) is 18.6. The van der Waals surface area contributed by atoms with E-state index in [4.69, 9.17) is 4.74 Å². The lowest BCUT2D eigenvalue weighted by Gasteiger charge is -2.19. The number of methoxy groups -OCH3 is 1. The number of benzene rings is 1. The molecule has 2 amide bonds. The van der Waals surface area contributed by atoms with Gasteiger partial charge in [-0.05, 0) is 31.6 Å². The quantitative estimate of drug-likeness (QED) is 0.645. The zero-order valence-corrected chi connectivity index (χ0v) is 15.8. The number of ether oxygens (including phenoxy) is 1. The molecule has 1 N–H and O–H groups in total. The first-order valence-corrected chi connectivity index (χ1v) is 8.74. The number of carbonyl (C=O) groups excluding carboxylic acids is 2. The van der Waals surface area contributed by atoms with Gasteiger partial charge in [0.1, 0.15) is 5.75 Å². The van der Waals surface area contributed by atoms with E-state index >= 15 is 0 Å². The number of amides is 2. The summed E-state index contributed by atoms with van der Waals surface area (Å²) in [6.45, 7) is 5.56. The molecule has 0 aliphatic carbocycles. The molecule has 0 radical (unpaired) electrons. The van der Waals surface area contributed by atoms with Gasteiger partial charge in [-0.1, -0.05) is 31.2 Å². The number of imide groups is 1. The summed E-state index contributed by atoms with van der Waals surface area (Å²) in [4.78, 5) is 33.7. The Morgan fingerprint density at radius 2 is 2.11 bits per heavy atom. The number of anilines is 1. The molecule has 0 spiro atoms. The fourth-order valence-electron chi connectivity index (χ4n) is 2.90. The Balaban J connectivity index is 2.16. The maximum absolute atomic E-state index is 12.3. The molecule has 7 heteroatoms. The van der Waals surface area contributed by atoms with Crippen molar-refractivity contribution in [1.82, 2.24) is 15.0 Å². The Labute approximate surface area is 157 Å². The van der Waals surface area contributed by atoms with Crippen molar-refractivity contribution in [3.05, 3.63) is 42.3 Å². The summed E-state index contributed by atoms with van der Waals surface area (Å²) in [6.07, 6.45) is 5.89. The molecule has 1 unspecified atom stereocenters. The molecule has 0 saturated carbocycles. The van der Waals surface area contributed by atoms with Gasteiger partial charge in [0, 0.05) is 12.3 Å². The minimum atomic E-state index is -0.351. The third-order valence-electron chi connectivity index (χ3n) is 4.39. The lowest BCUT2D eigenvalue weighted by atomic mass is 10.1. The van der Waals surface area contributed by atoms with E-state index in [1.54, 1.807) is 20.1 Å². The second kappa shape index (κ2) is 7.57. The van der Waals surface area contributed by atoms with Gasteiger partial charge in [-0.25, -0.2) is 9.97 Å². The molecule has 1 fully saturated rings. The van der Waals surface area contributed by atoms with Crippen LogP contribution in [0.15, 0.2) is 36.4 Å². The SMILES string of the molecule is C/C=C\C=C(/C)c1nc(NN2C(=O)CC(C)C2=O)c2c(OC)cccc2n1. The van der Waals surface area contributed by atoms with Gasteiger partial charge in [0.25, 0.3) is 5.91 Å². The zero-order valence-electron chi connectivity index (χ0n) is 15.8. The van der Waals surface area contributed by atoms with Gasteiger partial charge >= 0.3 is 0 Å². The number of rotatable bonds is 5. The molecule has 1 atom stereocenters. The lowest BCUT2D eigenvalue weighted by molar-refractivity contribution is -0.137. The van der Waals surface area contributed by atoms with E-state index in [0.717, 1.165) is 10.6 Å². The summed E-state index contributed by atoms with van der Waals surface area (Å²) < 4.78 is 5.44. The number of fused-ring (bicyclic) bond motifs is 1. The van der Waals surface area contributed by atoms with E-state index in [1.165, 1.54) is 0 Å². The molecular formula is C20H22N4O3. The number of carbonyl (C=O) groups is 2. The third-order valence-corrected chi connectivity index (χ3v) is 4.39. The van der Waals surface area contributed by atoms with Crippen LogP contribution in [-0.4, -0.2) is 33.9 Å². The molecule has 0 bridgehead atoms. The van der Waals surface area contributed by atoms with Crippen LogP contribution >= 0.6 is 0 Å². The summed E-state index contributed by atoms with van der Waals surface area (Å²) in [7, 11) is 1.55. The van der Waals surface area contributed by atoms with Crippen LogP contribution in [0.5, 0.6) is 5.75 Å². The summed E-state index contributed by atoms with van der Waals surface area (Å²) in [5.41, 5.74) is 4.41. The Morgan fingerprint density at radius 3 is 2.74 bits per heavy atom. The van der Waals surface area contributed by atoms with Crippen molar-refractivity contribution < 1.29 is 14.3 Å². The minimum absolute atomic E-state index is 0.180. The highest BCUT2D eigenvalue weighted by Gasteiger charge is 2.36. The van der Waals surface area contributed by atoms with Crippen molar-refractivity contribution >= 4 is 34.1 Å². The Kier molecular flexibility index (Phi) is 5.21. The lowest BCUT2D eigenvalue weighted by Crippen LogP contribution is -2.36. The molecule has 1 aromatic carbocycles. The van der Waals surface area contributed by atoms with Crippen LogP contribution in [0.2, 0.25) is 0 Å². The summed E-state index contributed by atoms with van der Waals surface area (Å²) in [5.74, 6) is 0.515. The first-order valence-electron chi connectivity index (χ1n) is 8.74. The number of nitrogens with one attached hydrogen (secondary N) is 1. The highest BCUT2D eigenvalue weighted by molar-refractivity contribution is 6.05. The molecule has 1 aliphatic heterocycles. The number of hydrogen-bond acceptors (Lipinski definition) is 6. The van der Waals surface area contributed by atoms with Gasteiger partial charge in [0.15, 0.2) is 11.6 Å². The van der Waals surface area contributed by atoms with E-state index < -0.39 is 0 Å². The maximum atomic E-state index is 12.3. The maximum Gasteiger partial charge on any atom is 0.251 e. The second-order valence-electron chi connectivity index (χ2n) is 6.41. The van der Waals surface area contributed by atoms with Crippen LogP contribution in [0, 0.1) is 5.92 Å². The Morgan fingerprint density at radius 1 is 1.33 bits per heavy atom. The molecule has 1 aromatic heterocycles. The smallest absolute Gasteiger partial charge is 0.251 e. The van der Waals surface area contributed by atoms with Crippen molar-refractivity contribution in [2.75, 3.05) is 12.5 Å². The highest BCUT2D eigenvalue weighted by atomic mass is 16.5. The highest BCUT2D eigenvalue weighted by Crippen LogP contribution is 2.32. The first-order chi connectivity index (χ1) is 13.0. The molecule has 27 heavy (non-hydrogen) atoms. The van der Waals surface area contributed by atoms with Crippen LogP contribution in [0.3, 0.4) is 0 Å². The van der Waals surface area contributed by atoms with Crippen molar-refractivity contribution in [3.8, 4) is 5.75 Å². The zero-order chi connectivity index (χ0) is 19.6. The average Bonchev–Trinajstić information content (AvgIpc) is 2.91. The predicted octanol–water partition coefficient (Wildman–Crippen LogP) is 3.34. The van der Waals surface area contributed by atoms with Gasteiger partial charge in [0.05, 0.1) is 18.0 Å². The van der Waals surface area contributed by atoms with Crippen molar-refractivity contribution in [3.63, 3.8) is 0 Å². The molecule has 2 heterocycles. The molecule has 140 valence electrons. The Bertz CT molecular complexity index is 965. The van der Waals surface area contributed by atoms with Crippen LogP contribution < -0.4 is 10.2 Å². The molecule has 7 nitrogen and oxygen atoms in total. The van der Waals surface area contributed by atoms with Crippen LogP contribution in [0.1, 0.15) is 33.0 Å². The van der Waals surface area contributed by atoms with Crippen LogP contribution in [0.25, 0.3) is 16.5 Å². The van der Waals surface area contributed by atoms with Gasteiger partial charge in [-0.2, -0.15) is 5.01 Å². The van der Waals surface area contributed by atoms with E-state index in [-0.39, 0.29) is 24.2 Å². The average molecular weight is 366 g/mol. The Hall–Kier alpha value is -3.22. The number of nitrogens with zero attached hydrogens (tertiary/aromatic N) is 3. The van der Waals surface area contributed by atoms with E-state index in [2.05, 4.69) is 15.4 Å². The fourth-order valence-corrected chi connectivity index (χ4v) is 2.90. The summed E-state index contributed by atoms with van der Waals surface area (Å²) >= 11 is 0. The second-order valence-corrected chi connectivity index (χ2v) is 6.41.